The second kappa shape index (κ2) is 4.93. The lowest BCUT2D eigenvalue weighted by Gasteiger charge is -2.27. The third-order valence-corrected chi connectivity index (χ3v) is 4.44. The molecule has 1 saturated heterocycles. The fourth-order valence-electron chi connectivity index (χ4n) is 2.27. The average molecular weight is 222 g/mol. The highest BCUT2D eigenvalue weighted by molar-refractivity contribution is 7.99. The minimum absolute atomic E-state index is 0.366. The number of hydrogen-bond acceptors (Lipinski definition) is 2. The average Bonchev–Trinajstić information content (AvgIpc) is 2.30. The molecule has 1 atom stereocenters. The Hall–Kier alpha value is -0.630. The summed E-state index contributed by atoms with van der Waals surface area (Å²) < 4.78 is 0. The summed E-state index contributed by atoms with van der Waals surface area (Å²) in [5, 5.41) is 9.25. The normalized spacial score (nSPS) is 20.1. The van der Waals surface area contributed by atoms with Crippen LogP contribution in [0, 0.1) is 5.92 Å². The molecule has 2 heteroatoms. The Balaban J connectivity index is 2.05. The molecule has 1 unspecified atom stereocenters. The van der Waals surface area contributed by atoms with Crippen LogP contribution in [0.15, 0.2) is 24.3 Å². The molecule has 0 radical (unpaired) electrons. The smallest absolute Gasteiger partial charge is 0.115 e. The summed E-state index contributed by atoms with van der Waals surface area (Å²) >= 11 is 2.07. The van der Waals surface area contributed by atoms with E-state index in [0.29, 0.717) is 11.7 Å². The van der Waals surface area contributed by atoms with Crippen LogP contribution in [0.2, 0.25) is 0 Å². The summed E-state index contributed by atoms with van der Waals surface area (Å²) in [4.78, 5) is 0. The SMILES string of the molecule is CC(c1ccc(O)cc1)C1CCSCC1. The number of aromatic hydroxyl groups is 1. The van der Waals surface area contributed by atoms with E-state index in [2.05, 4.69) is 30.8 Å². The first-order valence-electron chi connectivity index (χ1n) is 5.64. The number of phenols is 1. The molecule has 0 spiro atoms. The van der Waals surface area contributed by atoms with E-state index < -0.39 is 0 Å². The Morgan fingerprint density at radius 3 is 2.40 bits per heavy atom. The molecule has 0 aliphatic carbocycles. The van der Waals surface area contributed by atoms with Gasteiger partial charge in [0.25, 0.3) is 0 Å². The molecule has 15 heavy (non-hydrogen) atoms. The van der Waals surface area contributed by atoms with E-state index in [0.717, 1.165) is 5.92 Å². The molecule has 1 aromatic rings. The molecule has 0 saturated carbocycles. The van der Waals surface area contributed by atoms with Crippen LogP contribution in [0.25, 0.3) is 0 Å². The van der Waals surface area contributed by atoms with Gasteiger partial charge in [-0.2, -0.15) is 11.8 Å². The van der Waals surface area contributed by atoms with Gasteiger partial charge in [-0.15, -0.1) is 0 Å². The standard InChI is InChI=1S/C13H18OS/c1-10(12-6-8-15-9-7-12)11-2-4-13(14)5-3-11/h2-5,10,12,14H,6-9H2,1H3. The molecule has 1 aromatic carbocycles. The molecule has 1 aliphatic heterocycles. The number of rotatable bonds is 2. The molecule has 1 N–H and O–H groups in total. The quantitative estimate of drug-likeness (QED) is 0.824. The van der Waals surface area contributed by atoms with Crippen molar-refractivity contribution >= 4 is 11.8 Å². The maximum Gasteiger partial charge on any atom is 0.115 e. The minimum atomic E-state index is 0.366. The van der Waals surface area contributed by atoms with E-state index in [1.807, 2.05) is 0 Å². The van der Waals surface area contributed by atoms with Crippen molar-refractivity contribution in [2.45, 2.75) is 25.7 Å². The van der Waals surface area contributed by atoms with E-state index in [9.17, 15) is 5.11 Å². The summed E-state index contributed by atoms with van der Waals surface area (Å²) in [5.74, 6) is 4.45. The molecule has 1 aliphatic rings. The lowest BCUT2D eigenvalue weighted by atomic mass is 9.84. The van der Waals surface area contributed by atoms with Gasteiger partial charge in [0.2, 0.25) is 0 Å². The van der Waals surface area contributed by atoms with Crippen molar-refractivity contribution in [3.63, 3.8) is 0 Å². The number of phenolic OH excluding ortho intramolecular Hbond substituents is 1. The maximum absolute atomic E-state index is 9.25. The van der Waals surface area contributed by atoms with Crippen molar-refractivity contribution in [1.29, 1.82) is 0 Å². The van der Waals surface area contributed by atoms with Gasteiger partial charge in [-0.3, -0.25) is 0 Å². The highest BCUT2D eigenvalue weighted by Gasteiger charge is 2.21. The van der Waals surface area contributed by atoms with Gasteiger partial charge in [0.1, 0.15) is 5.75 Å². The van der Waals surface area contributed by atoms with Crippen LogP contribution in [0.1, 0.15) is 31.2 Å². The Bertz CT molecular complexity index is 301. The van der Waals surface area contributed by atoms with Crippen molar-refractivity contribution in [1.82, 2.24) is 0 Å². The largest absolute Gasteiger partial charge is 0.508 e. The first kappa shape index (κ1) is 10.9. The molecule has 1 heterocycles. The van der Waals surface area contributed by atoms with Gasteiger partial charge in [-0.1, -0.05) is 19.1 Å². The first-order chi connectivity index (χ1) is 7.27. The molecule has 0 bridgehead atoms. The van der Waals surface area contributed by atoms with E-state index in [1.54, 1.807) is 12.1 Å². The fourth-order valence-corrected chi connectivity index (χ4v) is 3.41. The Labute approximate surface area is 95.9 Å². The van der Waals surface area contributed by atoms with Crippen molar-refractivity contribution in [2.75, 3.05) is 11.5 Å². The topological polar surface area (TPSA) is 20.2 Å². The molecular formula is C13H18OS. The zero-order valence-electron chi connectivity index (χ0n) is 9.15. The predicted molar refractivity (Wildman–Crippen MR) is 66.6 cm³/mol. The zero-order chi connectivity index (χ0) is 10.7. The number of benzene rings is 1. The van der Waals surface area contributed by atoms with Gasteiger partial charge in [-0.25, -0.2) is 0 Å². The summed E-state index contributed by atoms with van der Waals surface area (Å²) in [6.45, 7) is 2.31. The minimum Gasteiger partial charge on any atom is -0.508 e. The van der Waals surface area contributed by atoms with Crippen molar-refractivity contribution in [3.05, 3.63) is 29.8 Å². The summed E-state index contributed by atoms with van der Waals surface area (Å²) in [6.07, 6.45) is 2.68. The Morgan fingerprint density at radius 2 is 1.80 bits per heavy atom. The lowest BCUT2D eigenvalue weighted by molar-refractivity contribution is 0.416. The summed E-state index contributed by atoms with van der Waals surface area (Å²) in [6, 6.07) is 7.70. The van der Waals surface area contributed by atoms with Gasteiger partial charge in [-0.05, 0) is 53.9 Å². The molecule has 0 aromatic heterocycles. The molecule has 2 rings (SSSR count). The van der Waals surface area contributed by atoms with Crippen molar-refractivity contribution in [3.8, 4) is 5.75 Å². The van der Waals surface area contributed by atoms with Gasteiger partial charge >= 0.3 is 0 Å². The predicted octanol–water partition coefficient (Wildman–Crippen LogP) is 3.64. The maximum atomic E-state index is 9.25. The first-order valence-corrected chi connectivity index (χ1v) is 6.79. The van der Waals surface area contributed by atoms with Crippen molar-refractivity contribution < 1.29 is 5.11 Å². The second-order valence-electron chi connectivity index (χ2n) is 4.33. The number of thioether (sulfide) groups is 1. The van der Waals surface area contributed by atoms with Crippen LogP contribution in [-0.4, -0.2) is 16.6 Å². The molecule has 1 fully saturated rings. The molecule has 1 nitrogen and oxygen atoms in total. The molecular weight excluding hydrogens is 204 g/mol. The highest BCUT2D eigenvalue weighted by Crippen LogP contribution is 2.35. The Kier molecular flexibility index (Phi) is 3.57. The van der Waals surface area contributed by atoms with E-state index in [-0.39, 0.29) is 0 Å². The van der Waals surface area contributed by atoms with Crippen LogP contribution in [0.5, 0.6) is 5.75 Å². The van der Waals surface area contributed by atoms with Crippen LogP contribution in [-0.2, 0) is 0 Å². The zero-order valence-corrected chi connectivity index (χ0v) is 9.96. The lowest BCUT2D eigenvalue weighted by Crippen LogP contribution is -2.16. The van der Waals surface area contributed by atoms with Crippen molar-refractivity contribution in [2.24, 2.45) is 5.92 Å². The third kappa shape index (κ3) is 2.69. The second-order valence-corrected chi connectivity index (χ2v) is 5.55. The van der Waals surface area contributed by atoms with Crippen LogP contribution < -0.4 is 0 Å². The van der Waals surface area contributed by atoms with E-state index >= 15 is 0 Å². The molecule has 82 valence electrons. The van der Waals surface area contributed by atoms with E-state index in [4.69, 9.17) is 0 Å². The van der Waals surface area contributed by atoms with E-state index in [1.165, 1.54) is 29.9 Å². The number of hydrogen-bond donors (Lipinski definition) is 1. The molecule has 0 amide bonds. The van der Waals surface area contributed by atoms with Gasteiger partial charge in [0, 0.05) is 0 Å². The summed E-state index contributed by atoms with van der Waals surface area (Å²) in [7, 11) is 0. The third-order valence-electron chi connectivity index (χ3n) is 3.39. The monoisotopic (exact) mass is 222 g/mol. The Morgan fingerprint density at radius 1 is 1.20 bits per heavy atom. The highest BCUT2D eigenvalue weighted by atomic mass is 32.2. The van der Waals surface area contributed by atoms with Gasteiger partial charge < -0.3 is 5.11 Å². The van der Waals surface area contributed by atoms with Gasteiger partial charge in [0.15, 0.2) is 0 Å². The van der Waals surface area contributed by atoms with Gasteiger partial charge in [0.05, 0.1) is 0 Å². The van der Waals surface area contributed by atoms with Crippen LogP contribution in [0.3, 0.4) is 0 Å². The van der Waals surface area contributed by atoms with Crippen LogP contribution >= 0.6 is 11.8 Å². The summed E-state index contributed by atoms with van der Waals surface area (Å²) in [5.41, 5.74) is 1.37. The fraction of sp³-hybridized carbons (Fsp3) is 0.538. The van der Waals surface area contributed by atoms with Crippen LogP contribution in [0.4, 0.5) is 0 Å².